The highest BCUT2D eigenvalue weighted by molar-refractivity contribution is 5.96. The Labute approximate surface area is 132 Å². The minimum Gasteiger partial charge on any atom is -0.508 e. The van der Waals surface area contributed by atoms with Crippen LogP contribution in [0.25, 0.3) is 11.1 Å². The number of benzene rings is 2. The summed E-state index contributed by atoms with van der Waals surface area (Å²) < 4.78 is 0. The predicted octanol–water partition coefficient (Wildman–Crippen LogP) is 5.60. The fraction of sp³-hybridized carbons (Fsp3) is 0.350. The van der Waals surface area contributed by atoms with Crippen molar-refractivity contribution < 1.29 is 9.90 Å². The van der Waals surface area contributed by atoms with Gasteiger partial charge in [0.05, 0.1) is 0 Å². The van der Waals surface area contributed by atoms with Crippen molar-refractivity contribution in [1.29, 1.82) is 0 Å². The van der Waals surface area contributed by atoms with Crippen LogP contribution in [0.2, 0.25) is 0 Å². The summed E-state index contributed by atoms with van der Waals surface area (Å²) in [6.07, 6.45) is 6.48. The van der Waals surface area contributed by atoms with Crippen LogP contribution in [-0.4, -0.2) is 10.9 Å². The van der Waals surface area contributed by atoms with Gasteiger partial charge in [0.2, 0.25) is 0 Å². The van der Waals surface area contributed by atoms with Gasteiger partial charge in [0.1, 0.15) is 5.75 Å². The highest BCUT2D eigenvalue weighted by Crippen LogP contribution is 2.22. The van der Waals surface area contributed by atoms with E-state index in [4.69, 9.17) is 0 Å². The Hall–Kier alpha value is -2.09. The number of aromatic hydroxyl groups is 1. The first-order chi connectivity index (χ1) is 10.7. The van der Waals surface area contributed by atoms with Gasteiger partial charge in [-0.25, -0.2) is 0 Å². The predicted molar refractivity (Wildman–Crippen MR) is 91.2 cm³/mol. The molecule has 116 valence electrons. The molecule has 22 heavy (non-hydrogen) atoms. The number of hydrogen-bond acceptors (Lipinski definition) is 2. The number of carbonyl (C=O) groups is 1. The number of carbonyl (C=O) groups excluding carboxylic acids is 1. The quantitative estimate of drug-likeness (QED) is 0.508. The zero-order valence-electron chi connectivity index (χ0n) is 13.2. The molecule has 2 heteroatoms. The topological polar surface area (TPSA) is 37.3 Å². The molecule has 0 atom stereocenters. The first kappa shape index (κ1) is 16.3. The minimum absolute atomic E-state index is 0.230. The van der Waals surface area contributed by atoms with Crippen molar-refractivity contribution in [2.75, 3.05) is 0 Å². The Balaban J connectivity index is 1.91. The molecule has 0 aliphatic carbocycles. The molecule has 1 N–H and O–H groups in total. The number of Topliss-reactive ketones (excluding diaryl/α,β-unsaturated/α-hetero) is 1. The molecule has 0 fully saturated rings. The third kappa shape index (κ3) is 4.73. The molecule has 0 heterocycles. The lowest BCUT2D eigenvalue weighted by atomic mass is 10.00. The van der Waals surface area contributed by atoms with E-state index in [0.717, 1.165) is 29.5 Å². The van der Waals surface area contributed by atoms with Crippen LogP contribution in [0.3, 0.4) is 0 Å². The second kappa shape index (κ2) is 8.38. The Bertz CT molecular complexity index is 582. The molecule has 0 aliphatic rings. The summed E-state index contributed by atoms with van der Waals surface area (Å²) in [5.41, 5.74) is 2.88. The molecule has 0 unspecified atom stereocenters. The van der Waals surface area contributed by atoms with E-state index in [1.165, 1.54) is 19.3 Å². The molecule has 0 saturated carbocycles. The average Bonchev–Trinajstić information content (AvgIpc) is 2.55. The van der Waals surface area contributed by atoms with E-state index in [2.05, 4.69) is 6.92 Å². The zero-order valence-corrected chi connectivity index (χ0v) is 13.2. The van der Waals surface area contributed by atoms with Crippen molar-refractivity contribution >= 4 is 5.78 Å². The average molecular weight is 296 g/mol. The molecule has 2 aromatic rings. The van der Waals surface area contributed by atoms with E-state index in [1.807, 2.05) is 36.4 Å². The summed E-state index contributed by atoms with van der Waals surface area (Å²) in [4.78, 5) is 12.1. The largest absolute Gasteiger partial charge is 0.508 e. The summed E-state index contributed by atoms with van der Waals surface area (Å²) in [6, 6.07) is 14.8. The summed E-state index contributed by atoms with van der Waals surface area (Å²) in [6.45, 7) is 2.20. The minimum atomic E-state index is 0.230. The highest BCUT2D eigenvalue weighted by atomic mass is 16.3. The number of phenolic OH excluding ortho intramolecular Hbond substituents is 1. The van der Waals surface area contributed by atoms with Crippen molar-refractivity contribution in [2.24, 2.45) is 0 Å². The third-order valence-electron chi connectivity index (χ3n) is 3.91. The summed E-state index contributed by atoms with van der Waals surface area (Å²) in [7, 11) is 0. The number of hydrogen-bond donors (Lipinski definition) is 1. The van der Waals surface area contributed by atoms with Gasteiger partial charge >= 0.3 is 0 Å². The first-order valence-corrected chi connectivity index (χ1v) is 8.13. The summed E-state index contributed by atoms with van der Waals surface area (Å²) >= 11 is 0. The van der Waals surface area contributed by atoms with Crippen molar-refractivity contribution in [3.05, 3.63) is 54.1 Å². The van der Waals surface area contributed by atoms with E-state index < -0.39 is 0 Å². The van der Waals surface area contributed by atoms with Crippen LogP contribution in [-0.2, 0) is 0 Å². The normalized spacial score (nSPS) is 10.6. The van der Waals surface area contributed by atoms with E-state index in [9.17, 15) is 9.90 Å². The fourth-order valence-electron chi connectivity index (χ4n) is 2.54. The van der Waals surface area contributed by atoms with E-state index in [0.29, 0.717) is 6.42 Å². The maximum Gasteiger partial charge on any atom is 0.162 e. The molecule has 0 saturated heterocycles. The lowest BCUT2D eigenvalue weighted by Gasteiger charge is -2.05. The molecule has 2 nitrogen and oxygen atoms in total. The van der Waals surface area contributed by atoms with Gasteiger partial charge < -0.3 is 5.11 Å². The standard InChI is InChI=1S/C20H24O2/c1-2-3-4-5-6-7-20(22)18-10-8-16(9-11-18)17-12-14-19(21)15-13-17/h8-15,21H,2-7H2,1H3. The van der Waals surface area contributed by atoms with E-state index in [1.54, 1.807) is 12.1 Å². The van der Waals surface area contributed by atoms with Crippen LogP contribution >= 0.6 is 0 Å². The number of phenols is 1. The summed E-state index contributed by atoms with van der Waals surface area (Å²) in [5.74, 6) is 0.493. The molecule has 0 spiro atoms. The van der Waals surface area contributed by atoms with Crippen LogP contribution < -0.4 is 0 Å². The lowest BCUT2D eigenvalue weighted by molar-refractivity contribution is 0.0979. The van der Waals surface area contributed by atoms with Crippen molar-refractivity contribution in [3.63, 3.8) is 0 Å². The van der Waals surface area contributed by atoms with Crippen molar-refractivity contribution in [3.8, 4) is 16.9 Å². The van der Waals surface area contributed by atoms with Crippen LogP contribution in [0.5, 0.6) is 5.75 Å². The maximum atomic E-state index is 12.1. The van der Waals surface area contributed by atoms with Gasteiger partial charge in [-0.2, -0.15) is 0 Å². The van der Waals surface area contributed by atoms with Gasteiger partial charge in [-0.05, 0) is 29.7 Å². The SMILES string of the molecule is CCCCCCCC(=O)c1ccc(-c2ccc(O)cc2)cc1. The van der Waals surface area contributed by atoms with Crippen molar-refractivity contribution in [2.45, 2.75) is 45.4 Å². The third-order valence-corrected chi connectivity index (χ3v) is 3.91. The highest BCUT2D eigenvalue weighted by Gasteiger charge is 2.06. The molecule has 0 bridgehead atoms. The summed E-state index contributed by atoms with van der Waals surface area (Å²) in [5, 5.41) is 9.31. The molecule has 0 amide bonds. The van der Waals surface area contributed by atoms with Crippen molar-refractivity contribution in [1.82, 2.24) is 0 Å². The molecular weight excluding hydrogens is 272 g/mol. The number of ketones is 1. The van der Waals surface area contributed by atoms with E-state index in [-0.39, 0.29) is 11.5 Å². The molecule has 2 rings (SSSR count). The Morgan fingerprint density at radius 3 is 1.95 bits per heavy atom. The second-order valence-corrected chi connectivity index (χ2v) is 5.71. The molecule has 0 aromatic heterocycles. The van der Waals surface area contributed by atoms with Crippen LogP contribution in [0.4, 0.5) is 0 Å². The molecule has 2 aromatic carbocycles. The van der Waals surface area contributed by atoms with E-state index >= 15 is 0 Å². The number of rotatable bonds is 8. The van der Waals surface area contributed by atoms with Gasteiger partial charge in [-0.1, -0.05) is 69.0 Å². The fourth-order valence-corrected chi connectivity index (χ4v) is 2.54. The lowest BCUT2D eigenvalue weighted by Crippen LogP contribution is -1.98. The maximum absolute atomic E-state index is 12.1. The van der Waals surface area contributed by atoms with Gasteiger partial charge in [0.25, 0.3) is 0 Å². The Kier molecular flexibility index (Phi) is 6.20. The molecular formula is C20H24O2. The monoisotopic (exact) mass is 296 g/mol. The van der Waals surface area contributed by atoms with Crippen LogP contribution in [0.15, 0.2) is 48.5 Å². The van der Waals surface area contributed by atoms with Crippen LogP contribution in [0, 0.1) is 0 Å². The Morgan fingerprint density at radius 2 is 1.36 bits per heavy atom. The number of unbranched alkanes of at least 4 members (excludes halogenated alkanes) is 4. The van der Waals surface area contributed by atoms with Gasteiger partial charge in [-0.3, -0.25) is 4.79 Å². The Morgan fingerprint density at radius 1 is 0.818 bits per heavy atom. The smallest absolute Gasteiger partial charge is 0.162 e. The first-order valence-electron chi connectivity index (χ1n) is 8.13. The van der Waals surface area contributed by atoms with Gasteiger partial charge in [-0.15, -0.1) is 0 Å². The van der Waals surface area contributed by atoms with Gasteiger partial charge in [0.15, 0.2) is 5.78 Å². The van der Waals surface area contributed by atoms with Crippen LogP contribution in [0.1, 0.15) is 55.8 Å². The molecule has 0 aliphatic heterocycles. The molecule has 0 radical (unpaired) electrons. The van der Waals surface area contributed by atoms with Gasteiger partial charge in [0, 0.05) is 12.0 Å². The second-order valence-electron chi connectivity index (χ2n) is 5.71. The zero-order chi connectivity index (χ0) is 15.8.